The molecule has 172 valence electrons. The minimum absolute atomic E-state index is 0.0103. The highest BCUT2D eigenvalue weighted by Crippen LogP contribution is 2.25. The molecule has 1 heterocycles. The highest BCUT2D eigenvalue weighted by atomic mass is 16.5. The monoisotopic (exact) mass is 447 g/mol. The van der Waals surface area contributed by atoms with Crippen LogP contribution in [-0.2, 0) is 23.9 Å². The second-order valence-corrected chi connectivity index (χ2v) is 6.93. The maximum absolute atomic E-state index is 13.1. The van der Waals surface area contributed by atoms with E-state index in [9.17, 15) is 28.8 Å². The molecule has 1 saturated heterocycles. The van der Waals surface area contributed by atoms with Gasteiger partial charge in [-0.05, 0) is 12.5 Å². The number of amides is 4. The largest absolute Gasteiger partial charge is 0.483 e. The van der Waals surface area contributed by atoms with E-state index < -0.39 is 36.3 Å². The number of carbonyl (C=O) groups is 6. The van der Waals surface area contributed by atoms with Crippen LogP contribution >= 0.6 is 0 Å². The van der Waals surface area contributed by atoms with Crippen molar-refractivity contribution < 1.29 is 38.2 Å². The van der Waals surface area contributed by atoms with Crippen LogP contribution in [0.4, 0.5) is 0 Å². The molecule has 11 nitrogen and oxygen atoms in total. The molecule has 1 unspecified atom stereocenters. The van der Waals surface area contributed by atoms with Crippen molar-refractivity contribution in [2.45, 2.75) is 25.3 Å². The van der Waals surface area contributed by atoms with E-state index in [0.717, 1.165) is 11.2 Å². The van der Waals surface area contributed by atoms with Crippen LogP contribution in [0, 0.1) is 0 Å². The third kappa shape index (κ3) is 6.71. The number of piperidine rings is 1. The van der Waals surface area contributed by atoms with Crippen LogP contribution in [-0.4, -0.2) is 80.6 Å². The normalized spacial score (nSPS) is 15.5. The SMILES string of the molecule is CN(C(=O)c1c(C=O)cccc1OCC(=O)NCCOCCC=O)C1CCC(=O)NC1=O. The molecule has 0 spiro atoms. The zero-order valence-corrected chi connectivity index (χ0v) is 17.6. The molecule has 1 atom stereocenters. The molecule has 1 aromatic carbocycles. The van der Waals surface area contributed by atoms with Gasteiger partial charge in [0.25, 0.3) is 11.8 Å². The van der Waals surface area contributed by atoms with Crippen LogP contribution in [0.3, 0.4) is 0 Å². The van der Waals surface area contributed by atoms with E-state index in [1.807, 2.05) is 0 Å². The number of likely N-dealkylation sites (N-methyl/N-ethyl adjacent to an activating group) is 1. The molecule has 32 heavy (non-hydrogen) atoms. The second kappa shape index (κ2) is 12.3. The van der Waals surface area contributed by atoms with Gasteiger partial charge in [-0.2, -0.15) is 0 Å². The van der Waals surface area contributed by atoms with Crippen LogP contribution in [0.15, 0.2) is 18.2 Å². The molecule has 1 aromatic rings. The standard InChI is InChI=1S/C21H25N3O8/c1-24(15-6-7-17(27)23-20(15)29)21(30)19-14(12-26)4-2-5-16(19)32-13-18(28)22-8-11-31-10-3-9-25/h2,4-5,9,12,15H,3,6-8,10-11,13H2,1H3,(H,22,28)(H,23,27,29). The predicted octanol–water partition coefficient (Wildman–Crippen LogP) is -0.523. The summed E-state index contributed by atoms with van der Waals surface area (Å²) in [5.41, 5.74) is -0.0460. The maximum atomic E-state index is 13.1. The third-order valence-electron chi connectivity index (χ3n) is 4.70. The summed E-state index contributed by atoms with van der Waals surface area (Å²) in [6.07, 6.45) is 1.73. The van der Waals surface area contributed by atoms with Gasteiger partial charge in [-0.3, -0.25) is 29.3 Å². The zero-order chi connectivity index (χ0) is 23.5. The third-order valence-corrected chi connectivity index (χ3v) is 4.70. The zero-order valence-electron chi connectivity index (χ0n) is 17.6. The summed E-state index contributed by atoms with van der Waals surface area (Å²) in [4.78, 5) is 71.4. The molecule has 0 aliphatic carbocycles. The number of imide groups is 1. The number of hydrogen-bond donors (Lipinski definition) is 2. The first-order valence-electron chi connectivity index (χ1n) is 9.99. The van der Waals surface area contributed by atoms with Gasteiger partial charge in [-0.1, -0.05) is 12.1 Å². The minimum atomic E-state index is -0.879. The summed E-state index contributed by atoms with van der Waals surface area (Å²) < 4.78 is 10.6. The first kappa shape index (κ1) is 24.7. The van der Waals surface area contributed by atoms with Crippen LogP contribution in [0.1, 0.15) is 40.0 Å². The fourth-order valence-electron chi connectivity index (χ4n) is 3.06. The molecule has 4 amide bonds. The van der Waals surface area contributed by atoms with Gasteiger partial charge in [-0.25, -0.2) is 0 Å². The van der Waals surface area contributed by atoms with Crippen LogP contribution < -0.4 is 15.4 Å². The highest BCUT2D eigenvalue weighted by Gasteiger charge is 2.34. The fourth-order valence-corrected chi connectivity index (χ4v) is 3.06. The molecule has 0 aromatic heterocycles. The van der Waals surface area contributed by atoms with Gasteiger partial charge in [0.1, 0.15) is 18.1 Å². The quantitative estimate of drug-likeness (QED) is 0.247. The van der Waals surface area contributed by atoms with Crippen molar-refractivity contribution in [1.82, 2.24) is 15.5 Å². The number of aldehydes is 2. The van der Waals surface area contributed by atoms with E-state index in [1.54, 1.807) is 0 Å². The Kier molecular flexibility index (Phi) is 9.48. The van der Waals surface area contributed by atoms with Gasteiger partial charge in [-0.15, -0.1) is 0 Å². The van der Waals surface area contributed by atoms with E-state index in [4.69, 9.17) is 9.47 Å². The summed E-state index contributed by atoms with van der Waals surface area (Å²) >= 11 is 0. The Hall–Kier alpha value is -3.60. The van der Waals surface area contributed by atoms with Gasteiger partial charge < -0.3 is 24.5 Å². The Balaban J connectivity index is 2.04. The summed E-state index contributed by atoms with van der Waals surface area (Å²) in [6.45, 7) is 0.278. The Bertz CT molecular complexity index is 886. The molecule has 2 rings (SSSR count). The average Bonchev–Trinajstić information content (AvgIpc) is 2.78. The van der Waals surface area contributed by atoms with Gasteiger partial charge in [0.2, 0.25) is 11.8 Å². The molecule has 11 heteroatoms. The lowest BCUT2D eigenvalue weighted by Gasteiger charge is -2.30. The van der Waals surface area contributed by atoms with Gasteiger partial charge in [0.15, 0.2) is 12.9 Å². The Morgan fingerprint density at radius 1 is 1.25 bits per heavy atom. The summed E-state index contributed by atoms with van der Waals surface area (Å²) in [5.74, 6) is -2.13. The van der Waals surface area contributed by atoms with E-state index in [-0.39, 0.29) is 55.9 Å². The first-order chi connectivity index (χ1) is 15.4. The number of nitrogens with one attached hydrogen (secondary N) is 2. The number of hydrogen-bond acceptors (Lipinski definition) is 8. The number of ether oxygens (including phenoxy) is 2. The van der Waals surface area contributed by atoms with Crippen molar-refractivity contribution in [1.29, 1.82) is 0 Å². The van der Waals surface area contributed by atoms with Crippen molar-refractivity contribution in [3.63, 3.8) is 0 Å². The molecular weight excluding hydrogens is 422 g/mol. The highest BCUT2D eigenvalue weighted by molar-refractivity contribution is 6.07. The average molecular weight is 447 g/mol. The van der Waals surface area contributed by atoms with Gasteiger partial charge >= 0.3 is 0 Å². The van der Waals surface area contributed by atoms with Crippen LogP contribution in [0.2, 0.25) is 0 Å². The Morgan fingerprint density at radius 3 is 2.72 bits per heavy atom. The van der Waals surface area contributed by atoms with Crippen LogP contribution in [0.25, 0.3) is 0 Å². The molecule has 2 N–H and O–H groups in total. The smallest absolute Gasteiger partial charge is 0.258 e. The number of nitrogens with zero attached hydrogens (tertiary/aromatic N) is 1. The van der Waals surface area contributed by atoms with Crippen molar-refractivity contribution in [2.24, 2.45) is 0 Å². The summed E-state index contributed by atoms with van der Waals surface area (Å²) in [5, 5.41) is 4.75. The van der Waals surface area contributed by atoms with Crippen LogP contribution in [0.5, 0.6) is 5.75 Å². The molecule has 1 aliphatic rings. The predicted molar refractivity (Wildman–Crippen MR) is 110 cm³/mol. The van der Waals surface area contributed by atoms with Gasteiger partial charge in [0.05, 0.1) is 18.8 Å². The number of benzene rings is 1. The fraction of sp³-hybridized carbons (Fsp3) is 0.429. The lowest BCUT2D eigenvalue weighted by atomic mass is 10.0. The summed E-state index contributed by atoms with van der Waals surface area (Å²) in [6, 6.07) is 3.48. The Labute approximate surface area is 184 Å². The molecule has 0 bridgehead atoms. The van der Waals surface area contributed by atoms with Crippen molar-refractivity contribution in [2.75, 3.05) is 33.4 Å². The number of carbonyl (C=O) groups excluding carboxylic acids is 6. The minimum Gasteiger partial charge on any atom is -0.483 e. The summed E-state index contributed by atoms with van der Waals surface area (Å²) in [7, 11) is 1.39. The van der Waals surface area contributed by atoms with E-state index in [0.29, 0.717) is 6.29 Å². The molecule has 0 saturated carbocycles. The lowest BCUT2D eigenvalue weighted by Crippen LogP contribution is -2.53. The first-order valence-corrected chi connectivity index (χ1v) is 9.99. The van der Waals surface area contributed by atoms with Gasteiger partial charge in [0, 0.05) is 32.0 Å². The van der Waals surface area contributed by atoms with Crippen molar-refractivity contribution in [3.8, 4) is 5.75 Å². The van der Waals surface area contributed by atoms with Crippen molar-refractivity contribution >= 4 is 36.2 Å². The topological polar surface area (TPSA) is 148 Å². The number of rotatable bonds is 12. The molecule has 1 aliphatic heterocycles. The molecular formula is C21H25N3O8. The maximum Gasteiger partial charge on any atom is 0.258 e. The van der Waals surface area contributed by atoms with Crippen molar-refractivity contribution in [3.05, 3.63) is 29.3 Å². The van der Waals surface area contributed by atoms with E-state index in [1.165, 1.54) is 25.2 Å². The van der Waals surface area contributed by atoms with E-state index in [2.05, 4.69) is 10.6 Å². The lowest BCUT2D eigenvalue weighted by molar-refractivity contribution is -0.136. The second-order valence-electron chi connectivity index (χ2n) is 6.93. The van der Waals surface area contributed by atoms with E-state index >= 15 is 0 Å². The molecule has 1 fully saturated rings. The Morgan fingerprint density at radius 2 is 2.03 bits per heavy atom. The molecule has 0 radical (unpaired) electrons.